The van der Waals surface area contributed by atoms with Crippen LogP contribution >= 0.6 is 0 Å². The van der Waals surface area contributed by atoms with E-state index >= 15 is 0 Å². The highest BCUT2D eigenvalue weighted by molar-refractivity contribution is 6.00. The first kappa shape index (κ1) is 10.1. The first-order valence-electron chi connectivity index (χ1n) is 4.52. The van der Waals surface area contributed by atoms with Gasteiger partial charge in [0.25, 0.3) is 5.91 Å². The molecule has 2 rings (SSSR count). The van der Waals surface area contributed by atoms with Crippen molar-refractivity contribution in [2.45, 2.75) is 0 Å². The summed E-state index contributed by atoms with van der Waals surface area (Å²) in [7, 11) is 0. The highest BCUT2D eigenvalue weighted by atomic mass is 16.7. The van der Waals surface area contributed by atoms with Crippen LogP contribution in [0.25, 0.3) is 6.08 Å². The molecule has 0 fully saturated rings. The van der Waals surface area contributed by atoms with E-state index in [-0.39, 0.29) is 12.4 Å². The summed E-state index contributed by atoms with van der Waals surface area (Å²) in [6, 6.07) is 6.84. The Balaban J connectivity index is 2.36. The van der Waals surface area contributed by atoms with Gasteiger partial charge in [-0.25, -0.2) is 0 Å². The average Bonchev–Trinajstić information content (AvgIpc) is 2.72. The molecule has 1 aromatic carbocycles. The quantitative estimate of drug-likeness (QED) is 0.585. The zero-order chi connectivity index (χ0) is 11.5. The molecule has 1 amide bonds. The van der Waals surface area contributed by atoms with Crippen LogP contribution in [0, 0.1) is 11.3 Å². The molecular weight excluding hydrogens is 208 g/mol. The monoisotopic (exact) mass is 216 g/mol. The number of nitriles is 1. The van der Waals surface area contributed by atoms with Crippen LogP contribution in [0.5, 0.6) is 11.5 Å². The van der Waals surface area contributed by atoms with Gasteiger partial charge in [-0.15, -0.1) is 0 Å². The van der Waals surface area contributed by atoms with Crippen LogP contribution in [0.4, 0.5) is 0 Å². The molecular formula is C11H8N2O3. The fourth-order valence-electron chi connectivity index (χ4n) is 1.33. The Hall–Kier alpha value is -2.48. The number of primary amides is 1. The minimum absolute atomic E-state index is 0.0983. The SMILES string of the molecule is N#C/C(=C/c1ccc2c(c1)OCO2)C(N)=O. The molecule has 0 saturated carbocycles. The van der Waals surface area contributed by atoms with Gasteiger partial charge < -0.3 is 15.2 Å². The van der Waals surface area contributed by atoms with Crippen molar-refractivity contribution in [1.29, 1.82) is 5.26 Å². The second-order valence-electron chi connectivity index (χ2n) is 3.15. The summed E-state index contributed by atoms with van der Waals surface area (Å²) in [6.07, 6.45) is 1.41. The standard InChI is InChI=1S/C11H8N2O3/c12-5-8(11(13)14)3-7-1-2-9-10(4-7)16-6-15-9/h1-4H,6H2,(H2,13,14)/b8-3-. The van der Waals surface area contributed by atoms with E-state index in [1.807, 2.05) is 0 Å². The predicted octanol–water partition coefficient (Wildman–Crippen LogP) is 0.808. The highest BCUT2D eigenvalue weighted by Gasteiger charge is 2.13. The number of nitrogens with zero attached hydrogens (tertiary/aromatic N) is 1. The Labute approximate surface area is 91.7 Å². The Kier molecular flexibility index (Phi) is 2.48. The van der Waals surface area contributed by atoms with Crippen molar-refractivity contribution in [3.05, 3.63) is 29.3 Å². The van der Waals surface area contributed by atoms with E-state index in [1.165, 1.54) is 6.08 Å². The second-order valence-corrected chi connectivity index (χ2v) is 3.15. The number of fused-ring (bicyclic) bond motifs is 1. The van der Waals surface area contributed by atoms with Crippen molar-refractivity contribution < 1.29 is 14.3 Å². The smallest absolute Gasteiger partial charge is 0.259 e. The molecule has 1 aliphatic rings. The Bertz CT molecular complexity index is 514. The van der Waals surface area contributed by atoms with E-state index in [4.69, 9.17) is 20.5 Å². The summed E-state index contributed by atoms with van der Waals surface area (Å²) in [6.45, 7) is 0.184. The Morgan fingerprint density at radius 3 is 2.88 bits per heavy atom. The number of nitrogens with two attached hydrogens (primary N) is 1. The molecule has 0 spiro atoms. The van der Waals surface area contributed by atoms with E-state index in [2.05, 4.69) is 0 Å². The first-order valence-corrected chi connectivity index (χ1v) is 4.52. The summed E-state index contributed by atoms with van der Waals surface area (Å²) in [4.78, 5) is 10.8. The molecule has 0 aromatic heterocycles. The summed E-state index contributed by atoms with van der Waals surface area (Å²) >= 11 is 0. The van der Waals surface area contributed by atoms with Crippen molar-refractivity contribution in [2.75, 3.05) is 6.79 Å². The first-order chi connectivity index (χ1) is 7.70. The minimum Gasteiger partial charge on any atom is -0.454 e. The summed E-state index contributed by atoms with van der Waals surface area (Å²) in [5.41, 5.74) is 5.59. The lowest BCUT2D eigenvalue weighted by atomic mass is 10.1. The Morgan fingerprint density at radius 1 is 1.44 bits per heavy atom. The van der Waals surface area contributed by atoms with Gasteiger partial charge in [0, 0.05) is 0 Å². The minimum atomic E-state index is -0.750. The topological polar surface area (TPSA) is 85.3 Å². The number of carbonyl (C=O) groups is 1. The number of carbonyl (C=O) groups excluding carboxylic acids is 1. The second kappa shape index (κ2) is 3.95. The van der Waals surface area contributed by atoms with Gasteiger partial charge in [-0.1, -0.05) is 6.07 Å². The maximum atomic E-state index is 10.8. The largest absolute Gasteiger partial charge is 0.454 e. The van der Waals surface area contributed by atoms with E-state index < -0.39 is 5.91 Å². The van der Waals surface area contributed by atoms with Crippen LogP contribution in [0.1, 0.15) is 5.56 Å². The van der Waals surface area contributed by atoms with Gasteiger partial charge in [-0.3, -0.25) is 4.79 Å². The summed E-state index contributed by atoms with van der Waals surface area (Å²) in [5, 5.41) is 8.68. The molecule has 0 radical (unpaired) electrons. The van der Waals surface area contributed by atoms with Crippen LogP contribution < -0.4 is 15.2 Å². The van der Waals surface area contributed by atoms with Crippen LogP contribution in [-0.2, 0) is 4.79 Å². The maximum Gasteiger partial charge on any atom is 0.259 e. The molecule has 16 heavy (non-hydrogen) atoms. The van der Waals surface area contributed by atoms with Gasteiger partial charge in [0.1, 0.15) is 11.6 Å². The van der Waals surface area contributed by atoms with E-state index in [1.54, 1.807) is 24.3 Å². The van der Waals surface area contributed by atoms with E-state index in [0.717, 1.165) is 0 Å². The molecule has 0 unspecified atom stereocenters. The van der Waals surface area contributed by atoms with Crippen LogP contribution in [0.15, 0.2) is 23.8 Å². The predicted molar refractivity (Wildman–Crippen MR) is 55.3 cm³/mol. The van der Waals surface area contributed by atoms with E-state index in [0.29, 0.717) is 17.1 Å². The van der Waals surface area contributed by atoms with Gasteiger partial charge in [-0.05, 0) is 23.8 Å². The zero-order valence-electron chi connectivity index (χ0n) is 8.27. The highest BCUT2D eigenvalue weighted by Crippen LogP contribution is 2.32. The van der Waals surface area contributed by atoms with E-state index in [9.17, 15) is 4.79 Å². The number of rotatable bonds is 2. The molecule has 5 nitrogen and oxygen atoms in total. The van der Waals surface area contributed by atoms with Crippen molar-refractivity contribution >= 4 is 12.0 Å². The average molecular weight is 216 g/mol. The molecule has 0 bridgehead atoms. The molecule has 0 atom stereocenters. The molecule has 1 heterocycles. The third-order valence-electron chi connectivity index (χ3n) is 2.09. The summed E-state index contributed by atoms with van der Waals surface area (Å²) in [5.74, 6) is 0.491. The van der Waals surface area contributed by atoms with Gasteiger partial charge in [0.05, 0.1) is 0 Å². The zero-order valence-corrected chi connectivity index (χ0v) is 8.27. The van der Waals surface area contributed by atoms with Crippen LogP contribution in [0.3, 0.4) is 0 Å². The number of amides is 1. The Morgan fingerprint density at radius 2 is 2.19 bits per heavy atom. The molecule has 5 heteroatoms. The van der Waals surface area contributed by atoms with Gasteiger partial charge >= 0.3 is 0 Å². The number of hydrogen-bond donors (Lipinski definition) is 1. The normalized spacial score (nSPS) is 13.3. The van der Waals surface area contributed by atoms with Gasteiger partial charge in [0.2, 0.25) is 6.79 Å². The molecule has 0 saturated heterocycles. The molecule has 1 aliphatic heterocycles. The van der Waals surface area contributed by atoms with Crippen molar-refractivity contribution in [3.63, 3.8) is 0 Å². The lowest BCUT2D eigenvalue weighted by molar-refractivity contribution is -0.114. The van der Waals surface area contributed by atoms with Crippen molar-refractivity contribution in [1.82, 2.24) is 0 Å². The maximum absolute atomic E-state index is 10.8. The molecule has 80 valence electrons. The lowest BCUT2D eigenvalue weighted by Crippen LogP contribution is -2.12. The number of hydrogen-bond acceptors (Lipinski definition) is 4. The molecule has 1 aromatic rings. The van der Waals surface area contributed by atoms with Gasteiger partial charge in [0.15, 0.2) is 11.5 Å². The third kappa shape index (κ3) is 1.81. The fraction of sp³-hybridized carbons (Fsp3) is 0.0909. The van der Waals surface area contributed by atoms with Gasteiger partial charge in [-0.2, -0.15) is 5.26 Å². The number of ether oxygens (including phenoxy) is 2. The molecule has 0 aliphatic carbocycles. The molecule has 2 N–H and O–H groups in total. The summed E-state index contributed by atoms with van der Waals surface area (Å²) < 4.78 is 10.3. The van der Waals surface area contributed by atoms with Crippen LogP contribution in [0.2, 0.25) is 0 Å². The van der Waals surface area contributed by atoms with Crippen molar-refractivity contribution in [2.24, 2.45) is 5.73 Å². The van der Waals surface area contributed by atoms with Crippen molar-refractivity contribution in [3.8, 4) is 17.6 Å². The lowest BCUT2D eigenvalue weighted by Gasteiger charge is -1.98. The van der Waals surface area contributed by atoms with Crippen LogP contribution in [-0.4, -0.2) is 12.7 Å². The fourth-order valence-corrected chi connectivity index (χ4v) is 1.33. The third-order valence-corrected chi connectivity index (χ3v) is 2.09. The number of benzene rings is 1.